The molecule has 27 heavy (non-hydrogen) atoms. The van der Waals surface area contributed by atoms with Crippen molar-refractivity contribution in [1.82, 2.24) is 0 Å². The molecule has 0 aromatic heterocycles. The number of halogens is 2. The maximum Gasteiger partial charge on any atom is 0.270 e. The minimum Gasteiger partial charge on any atom is -0.388 e. The lowest BCUT2D eigenvalue weighted by Gasteiger charge is -2.60. The molecular formula is C21H28F2O4. The Labute approximate surface area is 158 Å². The number of ketones is 2. The predicted molar refractivity (Wildman–Crippen MR) is 94.1 cm³/mol. The standard InChI is InChI=1S/C21H28F2O4/c1-18-6-3-12(25)9-16(18)21(22,23)10-13-14(18)4-7-19(2)15(13)5-8-20(19,27)17(26)11-24/h9,13-15,24,27H,3-8,10-11H2,1-2H3/t13-,14+,15+,18-,19+,20+/m1/s1. The minimum absolute atomic E-state index is 0.00389. The van der Waals surface area contributed by atoms with Gasteiger partial charge in [0.2, 0.25) is 0 Å². The van der Waals surface area contributed by atoms with E-state index < -0.39 is 34.7 Å². The van der Waals surface area contributed by atoms with Crippen LogP contribution in [0.4, 0.5) is 8.78 Å². The lowest BCUT2D eigenvalue weighted by molar-refractivity contribution is -0.174. The maximum atomic E-state index is 15.1. The van der Waals surface area contributed by atoms with Crippen LogP contribution < -0.4 is 0 Å². The average molecular weight is 382 g/mol. The fourth-order valence-corrected chi connectivity index (χ4v) is 7.20. The predicted octanol–water partition coefficient (Wildman–Crippen LogP) is 3.06. The second kappa shape index (κ2) is 5.69. The molecule has 0 aromatic rings. The number of aliphatic hydroxyl groups is 2. The molecule has 4 nitrogen and oxygen atoms in total. The summed E-state index contributed by atoms with van der Waals surface area (Å²) in [6.45, 7) is 2.99. The van der Waals surface area contributed by atoms with Crippen molar-refractivity contribution in [3.05, 3.63) is 11.6 Å². The first-order valence-corrected chi connectivity index (χ1v) is 9.99. The minimum atomic E-state index is -3.04. The number of carbonyl (C=O) groups is 2. The third kappa shape index (κ3) is 2.32. The Balaban J connectivity index is 1.76. The van der Waals surface area contributed by atoms with Gasteiger partial charge in [-0.05, 0) is 61.3 Å². The van der Waals surface area contributed by atoms with Crippen LogP contribution in [-0.4, -0.2) is 39.9 Å². The normalized spacial score (nSPS) is 48.3. The van der Waals surface area contributed by atoms with Crippen molar-refractivity contribution in [2.24, 2.45) is 28.6 Å². The molecule has 3 saturated carbocycles. The van der Waals surface area contributed by atoms with E-state index >= 15 is 8.78 Å². The van der Waals surface area contributed by atoms with Gasteiger partial charge in [-0.1, -0.05) is 13.8 Å². The molecule has 0 bridgehead atoms. The molecule has 0 aromatic carbocycles. The molecule has 0 saturated heterocycles. The van der Waals surface area contributed by atoms with Crippen LogP contribution in [-0.2, 0) is 9.59 Å². The Morgan fingerprint density at radius 1 is 1.19 bits per heavy atom. The van der Waals surface area contributed by atoms with Crippen molar-refractivity contribution in [1.29, 1.82) is 0 Å². The first-order valence-electron chi connectivity index (χ1n) is 9.99. The Bertz CT molecular complexity index is 732. The number of carbonyl (C=O) groups excluding carboxylic acids is 2. The maximum absolute atomic E-state index is 15.1. The Kier molecular flexibility index (Phi) is 4.05. The van der Waals surface area contributed by atoms with Crippen molar-refractivity contribution in [3.8, 4) is 0 Å². The van der Waals surface area contributed by atoms with Crippen LogP contribution in [0.5, 0.6) is 0 Å². The lowest BCUT2D eigenvalue weighted by atomic mass is 9.45. The smallest absolute Gasteiger partial charge is 0.270 e. The van der Waals surface area contributed by atoms with E-state index in [9.17, 15) is 19.8 Å². The molecule has 0 aliphatic heterocycles. The summed E-state index contributed by atoms with van der Waals surface area (Å²) in [4.78, 5) is 24.1. The second-order valence-corrected chi connectivity index (χ2v) is 9.66. The van der Waals surface area contributed by atoms with E-state index in [1.54, 1.807) is 0 Å². The number of allylic oxidation sites excluding steroid dienone is 1. The first-order chi connectivity index (χ1) is 12.5. The van der Waals surface area contributed by atoms with Gasteiger partial charge in [0.1, 0.15) is 12.2 Å². The molecular weight excluding hydrogens is 354 g/mol. The summed E-state index contributed by atoms with van der Waals surface area (Å²) in [6, 6.07) is 0. The average Bonchev–Trinajstić information content (AvgIpc) is 2.88. The highest BCUT2D eigenvalue weighted by molar-refractivity contribution is 5.92. The fraction of sp³-hybridized carbons (Fsp3) is 0.810. The number of rotatable bonds is 2. The molecule has 2 N–H and O–H groups in total. The summed E-state index contributed by atoms with van der Waals surface area (Å²) in [5.74, 6) is -4.30. The molecule has 6 heteroatoms. The van der Waals surface area contributed by atoms with Gasteiger partial charge >= 0.3 is 0 Å². The molecule has 4 aliphatic carbocycles. The molecule has 0 heterocycles. The van der Waals surface area contributed by atoms with E-state index in [0.29, 0.717) is 32.1 Å². The van der Waals surface area contributed by atoms with Crippen molar-refractivity contribution in [3.63, 3.8) is 0 Å². The monoisotopic (exact) mass is 382 g/mol. The number of hydrogen-bond donors (Lipinski definition) is 2. The second-order valence-electron chi connectivity index (χ2n) is 9.66. The zero-order valence-corrected chi connectivity index (χ0v) is 15.9. The van der Waals surface area contributed by atoms with Crippen molar-refractivity contribution in [2.75, 3.05) is 6.61 Å². The van der Waals surface area contributed by atoms with E-state index in [-0.39, 0.29) is 42.0 Å². The highest BCUT2D eigenvalue weighted by Gasteiger charge is 2.69. The number of aliphatic hydroxyl groups excluding tert-OH is 1. The van der Waals surface area contributed by atoms with E-state index in [1.165, 1.54) is 6.08 Å². The first kappa shape index (κ1) is 19.2. The number of Topliss-reactive ketones (excluding diaryl/α,β-unsaturated/α-hetero) is 1. The van der Waals surface area contributed by atoms with Crippen molar-refractivity contribution in [2.45, 2.75) is 70.3 Å². The molecule has 3 fully saturated rings. The van der Waals surface area contributed by atoms with Gasteiger partial charge in [0.15, 0.2) is 11.6 Å². The highest BCUT2D eigenvalue weighted by atomic mass is 19.3. The molecule has 0 amide bonds. The van der Waals surface area contributed by atoms with Crippen LogP contribution in [0, 0.1) is 28.6 Å². The van der Waals surface area contributed by atoms with Crippen molar-refractivity contribution >= 4 is 11.6 Å². The molecule has 150 valence electrons. The van der Waals surface area contributed by atoms with Crippen LogP contribution in [0.2, 0.25) is 0 Å². The Hall–Kier alpha value is -1.14. The summed E-state index contributed by atoms with van der Waals surface area (Å²) < 4.78 is 30.3. The Morgan fingerprint density at radius 2 is 1.85 bits per heavy atom. The lowest BCUT2D eigenvalue weighted by Crippen LogP contribution is -2.60. The summed E-state index contributed by atoms with van der Waals surface area (Å²) in [5, 5.41) is 20.4. The van der Waals surface area contributed by atoms with Gasteiger partial charge in [-0.3, -0.25) is 9.59 Å². The molecule has 0 spiro atoms. The van der Waals surface area contributed by atoms with E-state index in [4.69, 9.17) is 0 Å². The fourth-order valence-electron chi connectivity index (χ4n) is 7.20. The zero-order valence-electron chi connectivity index (χ0n) is 15.9. The Morgan fingerprint density at radius 3 is 2.52 bits per heavy atom. The van der Waals surface area contributed by atoms with Gasteiger partial charge in [0.25, 0.3) is 5.92 Å². The van der Waals surface area contributed by atoms with Crippen LogP contribution in [0.15, 0.2) is 11.6 Å². The zero-order chi connectivity index (χ0) is 19.8. The van der Waals surface area contributed by atoms with E-state index in [2.05, 4.69) is 0 Å². The summed E-state index contributed by atoms with van der Waals surface area (Å²) in [5.41, 5.74) is -3.13. The SMILES string of the molecule is C[C@]12CCC(=O)C=C1C(F)(F)C[C@@H]1[C@@H]2CC[C@@]2(C)[C@H]1CC[C@]2(O)C(=O)CO. The summed E-state index contributed by atoms with van der Waals surface area (Å²) >= 11 is 0. The summed E-state index contributed by atoms with van der Waals surface area (Å²) in [6.07, 6.45) is 3.57. The number of alkyl halides is 2. The van der Waals surface area contributed by atoms with Crippen LogP contribution in [0.1, 0.15) is 58.8 Å². The van der Waals surface area contributed by atoms with Crippen LogP contribution in [0.3, 0.4) is 0 Å². The quantitative estimate of drug-likeness (QED) is 0.770. The van der Waals surface area contributed by atoms with E-state index in [1.807, 2.05) is 13.8 Å². The van der Waals surface area contributed by atoms with E-state index in [0.717, 1.165) is 0 Å². The highest BCUT2D eigenvalue weighted by Crippen LogP contribution is 2.69. The molecule has 4 rings (SSSR count). The van der Waals surface area contributed by atoms with Gasteiger partial charge in [0, 0.05) is 23.8 Å². The molecule has 4 aliphatic rings. The third-order valence-electron chi connectivity index (χ3n) is 8.71. The number of hydrogen-bond acceptors (Lipinski definition) is 4. The van der Waals surface area contributed by atoms with Crippen LogP contribution >= 0.6 is 0 Å². The molecule has 0 radical (unpaired) electrons. The van der Waals surface area contributed by atoms with Crippen molar-refractivity contribution < 1.29 is 28.6 Å². The van der Waals surface area contributed by atoms with Gasteiger partial charge in [-0.25, -0.2) is 8.78 Å². The molecule has 6 atom stereocenters. The van der Waals surface area contributed by atoms with Gasteiger partial charge in [-0.2, -0.15) is 0 Å². The number of fused-ring (bicyclic) bond motifs is 5. The van der Waals surface area contributed by atoms with Gasteiger partial charge < -0.3 is 10.2 Å². The van der Waals surface area contributed by atoms with Crippen LogP contribution in [0.25, 0.3) is 0 Å². The summed E-state index contributed by atoms with van der Waals surface area (Å²) in [7, 11) is 0. The topological polar surface area (TPSA) is 74.6 Å². The largest absolute Gasteiger partial charge is 0.388 e. The third-order valence-corrected chi connectivity index (χ3v) is 8.71. The van der Waals surface area contributed by atoms with Gasteiger partial charge in [0.05, 0.1) is 0 Å². The van der Waals surface area contributed by atoms with Gasteiger partial charge in [-0.15, -0.1) is 0 Å². The molecule has 0 unspecified atom stereocenters.